The molecule has 1 aromatic heterocycles. The molecule has 12 nitrogen and oxygen atoms in total. The summed E-state index contributed by atoms with van der Waals surface area (Å²) in [6, 6.07) is 25.2. The smallest absolute Gasteiger partial charge is 0.417 e. The van der Waals surface area contributed by atoms with Crippen LogP contribution in [0.2, 0.25) is 0 Å². The number of rotatable bonds is 12. The number of amides is 3. The predicted molar refractivity (Wildman–Crippen MR) is 239 cm³/mol. The molecule has 0 bridgehead atoms. The molecule has 1 saturated carbocycles. The maximum absolute atomic E-state index is 13.8. The number of nitrogens with one attached hydrogen (secondary N) is 1. The lowest BCUT2D eigenvalue weighted by molar-refractivity contribution is -0.137. The number of carbonyl (C=O) groups is 3. The van der Waals surface area contributed by atoms with Crippen molar-refractivity contribution in [1.82, 2.24) is 24.3 Å². The number of nitriles is 1. The first-order valence-corrected chi connectivity index (χ1v) is 22.3. The number of imide groups is 1. The SMILES string of the molecule is C=C1CCC(N2C(=O)c3ccc(OC4CC(N(CC5CCN(c6ccc(CCn7c(=O)n(-c8ccc(C#N)c(C(F)(F)F)c8)c8ccccc87)cc6)CC5)C(C)C)C4)cc3C2=O)C(=O)N1. The number of ether oxygens (including phenoxy) is 1. The summed E-state index contributed by atoms with van der Waals surface area (Å²) in [6.45, 7) is 11.5. The number of hydrogen-bond acceptors (Lipinski definition) is 8. The molecule has 1 atom stereocenters. The number of imidazole rings is 1. The molecule has 5 aromatic rings. The van der Waals surface area contributed by atoms with Crippen LogP contribution in [0.15, 0.2) is 102 Å². The number of anilines is 1. The molecule has 9 rings (SSSR count). The fourth-order valence-corrected chi connectivity index (χ4v) is 9.95. The minimum atomic E-state index is -4.75. The van der Waals surface area contributed by atoms with Crippen molar-refractivity contribution in [3.05, 3.63) is 136 Å². The molecule has 336 valence electrons. The molecular formula is C50H50F3N7O5. The summed E-state index contributed by atoms with van der Waals surface area (Å²) in [4.78, 5) is 59.0. The van der Waals surface area contributed by atoms with Crippen LogP contribution in [0, 0.1) is 17.2 Å². The van der Waals surface area contributed by atoms with Gasteiger partial charge in [0.15, 0.2) is 0 Å². The normalized spacial score (nSPS) is 20.4. The van der Waals surface area contributed by atoms with Crippen molar-refractivity contribution in [1.29, 1.82) is 5.26 Å². The van der Waals surface area contributed by atoms with Crippen LogP contribution in [0.5, 0.6) is 5.75 Å². The second-order valence-electron chi connectivity index (χ2n) is 17.9. The van der Waals surface area contributed by atoms with E-state index in [4.69, 9.17) is 4.74 Å². The number of carbonyl (C=O) groups excluding carboxylic acids is 3. The molecule has 1 aliphatic carbocycles. The summed E-state index contributed by atoms with van der Waals surface area (Å²) in [5.74, 6) is -0.239. The zero-order chi connectivity index (χ0) is 45.7. The quantitative estimate of drug-likeness (QED) is 0.125. The van der Waals surface area contributed by atoms with Crippen LogP contribution in [-0.2, 0) is 23.9 Å². The number of hydrogen-bond donors (Lipinski definition) is 1. The number of aryl methyl sites for hydroxylation is 2. The topological polar surface area (TPSA) is 133 Å². The number of aromatic nitrogens is 2. The van der Waals surface area contributed by atoms with Gasteiger partial charge in [-0.15, -0.1) is 0 Å². The number of halogens is 3. The lowest BCUT2D eigenvalue weighted by atomic mass is 9.85. The summed E-state index contributed by atoms with van der Waals surface area (Å²) in [6.07, 6.45) is 0.489. The van der Waals surface area contributed by atoms with Crippen LogP contribution >= 0.6 is 0 Å². The van der Waals surface area contributed by atoms with Crippen molar-refractivity contribution >= 4 is 34.4 Å². The van der Waals surface area contributed by atoms with E-state index >= 15 is 0 Å². The lowest BCUT2D eigenvalue weighted by Crippen LogP contribution is -2.53. The van der Waals surface area contributed by atoms with Crippen LogP contribution < -0.4 is 20.6 Å². The Morgan fingerprint density at radius 2 is 1.57 bits per heavy atom. The highest BCUT2D eigenvalue weighted by Gasteiger charge is 2.45. The van der Waals surface area contributed by atoms with Gasteiger partial charge in [0.25, 0.3) is 11.8 Å². The second-order valence-corrected chi connectivity index (χ2v) is 17.9. The number of para-hydroxylation sites is 2. The van der Waals surface area contributed by atoms with Crippen molar-refractivity contribution in [3.63, 3.8) is 0 Å². The first-order valence-electron chi connectivity index (χ1n) is 22.3. The van der Waals surface area contributed by atoms with Crippen molar-refractivity contribution in [2.24, 2.45) is 5.92 Å². The van der Waals surface area contributed by atoms with Gasteiger partial charge in [-0.1, -0.05) is 30.8 Å². The Hall–Kier alpha value is -6.66. The van der Waals surface area contributed by atoms with Gasteiger partial charge in [-0.2, -0.15) is 18.4 Å². The number of piperidine rings is 2. The van der Waals surface area contributed by atoms with Crippen molar-refractivity contribution in [3.8, 4) is 17.5 Å². The number of alkyl halides is 3. The molecule has 4 aromatic carbocycles. The largest absolute Gasteiger partial charge is 0.490 e. The Morgan fingerprint density at radius 3 is 2.25 bits per heavy atom. The van der Waals surface area contributed by atoms with E-state index in [-0.39, 0.29) is 22.9 Å². The third-order valence-corrected chi connectivity index (χ3v) is 13.6. The van der Waals surface area contributed by atoms with Gasteiger partial charge in [0.1, 0.15) is 17.9 Å². The molecule has 0 radical (unpaired) electrons. The summed E-state index contributed by atoms with van der Waals surface area (Å²) in [5.41, 5.74) is 2.41. The highest BCUT2D eigenvalue weighted by Crippen LogP contribution is 2.37. The van der Waals surface area contributed by atoms with Gasteiger partial charge in [-0.25, -0.2) is 4.79 Å². The molecule has 65 heavy (non-hydrogen) atoms. The molecule has 1 N–H and O–H groups in total. The summed E-state index contributed by atoms with van der Waals surface area (Å²) < 4.78 is 50.6. The molecule has 1 unspecified atom stereocenters. The third kappa shape index (κ3) is 8.43. The second kappa shape index (κ2) is 17.4. The van der Waals surface area contributed by atoms with Crippen LogP contribution in [-0.4, -0.2) is 80.5 Å². The van der Waals surface area contributed by atoms with E-state index in [1.807, 2.05) is 0 Å². The first kappa shape index (κ1) is 43.6. The van der Waals surface area contributed by atoms with Crippen LogP contribution in [0.4, 0.5) is 18.9 Å². The number of fused-ring (bicyclic) bond motifs is 2. The van der Waals surface area contributed by atoms with E-state index in [9.17, 15) is 37.6 Å². The number of benzene rings is 4. The minimum absolute atomic E-state index is 0.00650. The van der Waals surface area contributed by atoms with Gasteiger partial charge in [0.2, 0.25) is 5.91 Å². The Morgan fingerprint density at radius 1 is 0.877 bits per heavy atom. The maximum Gasteiger partial charge on any atom is 0.417 e. The van der Waals surface area contributed by atoms with Crippen LogP contribution in [0.3, 0.4) is 0 Å². The van der Waals surface area contributed by atoms with E-state index in [2.05, 4.69) is 59.8 Å². The van der Waals surface area contributed by atoms with E-state index < -0.39 is 46.8 Å². The molecule has 4 aliphatic rings. The molecule has 3 aliphatic heterocycles. The lowest BCUT2D eigenvalue weighted by Gasteiger charge is -2.46. The van der Waals surface area contributed by atoms with Gasteiger partial charge in [-0.3, -0.25) is 33.3 Å². The minimum Gasteiger partial charge on any atom is -0.490 e. The summed E-state index contributed by atoms with van der Waals surface area (Å²) in [7, 11) is 0. The van der Waals surface area contributed by atoms with Crippen molar-refractivity contribution < 1.29 is 32.3 Å². The highest BCUT2D eigenvalue weighted by atomic mass is 19.4. The van der Waals surface area contributed by atoms with Crippen LogP contribution in [0.25, 0.3) is 16.7 Å². The van der Waals surface area contributed by atoms with E-state index in [0.717, 1.165) is 73.6 Å². The zero-order valence-corrected chi connectivity index (χ0v) is 36.3. The summed E-state index contributed by atoms with van der Waals surface area (Å²) >= 11 is 0. The van der Waals surface area contributed by atoms with E-state index in [1.54, 1.807) is 53.1 Å². The van der Waals surface area contributed by atoms with Crippen molar-refractivity contribution in [2.45, 2.75) is 95.7 Å². The van der Waals surface area contributed by atoms with E-state index in [1.165, 1.54) is 10.6 Å². The Balaban J connectivity index is 0.769. The first-order chi connectivity index (χ1) is 31.2. The number of allylic oxidation sites excluding steroid dienone is 1. The van der Waals surface area contributed by atoms with Crippen molar-refractivity contribution in [2.75, 3.05) is 24.5 Å². The zero-order valence-electron chi connectivity index (χ0n) is 36.3. The fraction of sp³-hybridized carbons (Fsp3) is 0.380. The number of nitrogens with zero attached hydrogens (tertiary/aromatic N) is 6. The monoisotopic (exact) mass is 885 g/mol. The van der Waals surface area contributed by atoms with Gasteiger partial charge in [0, 0.05) is 62.5 Å². The molecule has 3 fully saturated rings. The van der Waals surface area contributed by atoms with Crippen LogP contribution in [0.1, 0.15) is 89.8 Å². The maximum atomic E-state index is 13.8. The van der Waals surface area contributed by atoms with Gasteiger partial charge < -0.3 is 15.0 Å². The third-order valence-electron chi connectivity index (χ3n) is 13.6. The Bertz CT molecular complexity index is 2790. The van der Waals surface area contributed by atoms with Gasteiger partial charge in [0.05, 0.1) is 45.0 Å². The predicted octanol–water partition coefficient (Wildman–Crippen LogP) is 7.85. The Kier molecular flexibility index (Phi) is 11.7. The highest BCUT2D eigenvalue weighted by molar-refractivity contribution is 6.23. The van der Waals surface area contributed by atoms with Gasteiger partial charge >= 0.3 is 11.9 Å². The molecular weight excluding hydrogens is 836 g/mol. The van der Waals surface area contributed by atoms with E-state index in [0.29, 0.717) is 66.3 Å². The molecule has 4 heterocycles. The Labute approximate surface area is 374 Å². The van der Waals surface area contributed by atoms with Gasteiger partial charge in [-0.05, 0) is 118 Å². The fourth-order valence-electron chi connectivity index (χ4n) is 9.95. The molecule has 15 heteroatoms. The average Bonchev–Trinajstić information content (AvgIpc) is 3.70. The average molecular weight is 886 g/mol. The molecule has 3 amide bonds. The molecule has 0 spiro atoms. The standard InChI is InChI=1S/C50H50F3N7O5/c1-30(2)58(37-24-39(25-37)65-38-15-16-40-41(27-38)48(63)60(47(40)62)45-17-8-31(3)55-46(45)61)29-33-18-21-56(22-19-33)35-12-9-32(10-13-35)20-23-57-43-6-4-5-7-44(43)59(49(57)64)36-14-11-34(28-54)42(26-36)50(51,52)53/h4-7,9-16,26-27,30,33,37,39,45H,3,8,17-25,29H2,1-2H3,(H,55,61). The molecule has 2 saturated heterocycles. The summed E-state index contributed by atoms with van der Waals surface area (Å²) in [5, 5.41) is 11.9.